The minimum atomic E-state index is -0.633. The molecule has 0 spiro atoms. The minimum absolute atomic E-state index is 0.610. The van der Waals surface area contributed by atoms with Gasteiger partial charge in [0.1, 0.15) is 0 Å². The number of carbonyl (C=O) groups excluding carboxylic acids is 2. The zero-order valence-electron chi connectivity index (χ0n) is 10.2. The van der Waals surface area contributed by atoms with Crippen molar-refractivity contribution in [1.29, 1.82) is 0 Å². The Bertz CT molecular complexity index is 414. The van der Waals surface area contributed by atoms with Gasteiger partial charge in [0.2, 0.25) is 0 Å². The van der Waals surface area contributed by atoms with Crippen LogP contribution in [0.15, 0.2) is 30.3 Å². The molecule has 2 rings (SSSR count). The van der Waals surface area contributed by atoms with Gasteiger partial charge in [-0.1, -0.05) is 24.6 Å². The van der Waals surface area contributed by atoms with E-state index in [1.54, 1.807) is 29.3 Å². The fourth-order valence-corrected chi connectivity index (χ4v) is 1.91. The summed E-state index contributed by atoms with van der Waals surface area (Å²) >= 11 is 0. The molecule has 1 aromatic carbocycles. The number of nitrogens with one attached hydrogen (secondary N) is 2. The molecule has 1 aliphatic heterocycles. The van der Waals surface area contributed by atoms with E-state index in [2.05, 4.69) is 10.7 Å². The molecule has 0 aromatic heterocycles. The molecular formula is C13H17N3O2. The summed E-state index contributed by atoms with van der Waals surface area (Å²) in [5.74, 6) is -1.24. The molecular weight excluding hydrogens is 230 g/mol. The first kappa shape index (κ1) is 12.6. The highest BCUT2D eigenvalue weighted by molar-refractivity contribution is 6.39. The van der Waals surface area contributed by atoms with Crippen molar-refractivity contribution in [3.8, 4) is 0 Å². The Morgan fingerprint density at radius 2 is 1.61 bits per heavy atom. The van der Waals surface area contributed by atoms with E-state index in [1.165, 1.54) is 6.42 Å². The fourth-order valence-electron chi connectivity index (χ4n) is 1.91. The largest absolute Gasteiger partial charge is 0.323 e. The average Bonchev–Trinajstić information content (AvgIpc) is 2.41. The third-order valence-electron chi connectivity index (χ3n) is 2.85. The molecule has 1 aromatic rings. The zero-order valence-corrected chi connectivity index (χ0v) is 10.2. The predicted octanol–water partition coefficient (Wildman–Crippen LogP) is 1.14. The van der Waals surface area contributed by atoms with Gasteiger partial charge in [-0.05, 0) is 25.0 Å². The van der Waals surface area contributed by atoms with Crippen LogP contribution in [0.3, 0.4) is 0 Å². The molecule has 0 saturated carbocycles. The molecule has 5 nitrogen and oxygen atoms in total. The van der Waals surface area contributed by atoms with Gasteiger partial charge in [-0.3, -0.25) is 15.0 Å². The minimum Gasteiger partial charge on any atom is -0.318 e. The van der Waals surface area contributed by atoms with Crippen molar-refractivity contribution in [2.75, 3.05) is 18.4 Å². The summed E-state index contributed by atoms with van der Waals surface area (Å²) in [4.78, 5) is 23.3. The number of benzene rings is 1. The Hall–Kier alpha value is -1.88. The Morgan fingerprint density at radius 3 is 2.28 bits per heavy atom. The number of piperidine rings is 1. The van der Waals surface area contributed by atoms with Crippen molar-refractivity contribution in [2.24, 2.45) is 0 Å². The number of amides is 2. The van der Waals surface area contributed by atoms with Gasteiger partial charge < -0.3 is 5.32 Å². The summed E-state index contributed by atoms with van der Waals surface area (Å²) in [6.07, 6.45) is 3.30. The summed E-state index contributed by atoms with van der Waals surface area (Å²) in [7, 11) is 0. The lowest BCUT2D eigenvalue weighted by Gasteiger charge is -2.26. The van der Waals surface area contributed by atoms with Gasteiger partial charge >= 0.3 is 11.8 Å². The highest BCUT2D eigenvalue weighted by Gasteiger charge is 2.18. The van der Waals surface area contributed by atoms with Crippen LogP contribution in [0.4, 0.5) is 5.69 Å². The molecule has 1 aliphatic rings. The Kier molecular flexibility index (Phi) is 4.30. The monoisotopic (exact) mass is 247 g/mol. The first-order valence-electron chi connectivity index (χ1n) is 6.17. The Balaban J connectivity index is 1.83. The second-order valence-corrected chi connectivity index (χ2v) is 4.31. The van der Waals surface area contributed by atoms with Crippen LogP contribution in [0.1, 0.15) is 19.3 Å². The Labute approximate surface area is 106 Å². The maximum Gasteiger partial charge on any atom is 0.323 e. The topological polar surface area (TPSA) is 61.4 Å². The molecule has 2 N–H and O–H groups in total. The van der Waals surface area contributed by atoms with Crippen LogP contribution < -0.4 is 10.7 Å². The number of hydrogen-bond acceptors (Lipinski definition) is 3. The summed E-state index contributed by atoms with van der Waals surface area (Å²) < 4.78 is 0. The number of nitrogens with zero attached hydrogens (tertiary/aromatic N) is 1. The fraction of sp³-hybridized carbons (Fsp3) is 0.385. The summed E-state index contributed by atoms with van der Waals surface area (Å²) in [6, 6.07) is 8.94. The molecule has 0 radical (unpaired) electrons. The van der Waals surface area contributed by atoms with Crippen LogP contribution >= 0.6 is 0 Å². The SMILES string of the molecule is O=C(Nc1ccccc1)C(=O)NN1CCCCC1. The first-order valence-corrected chi connectivity index (χ1v) is 6.17. The molecule has 0 bridgehead atoms. The lowest BCUT2D eigenvalue weighted by atomic mass is 10.2. The highest BCUT2D eigenvalue weighted by Crippen LogP contribution is 2.06. The highest BCUT2D eigenvalue weighted by atomic mass is 16.2. The lowest BCUT2D eigenvalue weighted by Crippen LogP contribution is -2.48. The van der Waals surface area contributed by atoms with Crippen molar-refractivity contribution in [2.45, 2.75) is 19.3 Å². The quantitative estimate of drug-likeness (QED) is 0.770. The summed E-state index contributed by atoms with van der Waals surface area (Å²) in [5, 5.41) is 4.36. The van der Waals surface area contributed by atoms with Gasteiger partial charge in [0, 0.05) is 18.8 Å². The van der Waals surface area contributed by atoms with Crippen LogP contribution in [0.25, 0.3) is 0 Å². The van der Waals surface area contributed by atoms with Crippen molar-refractivity contribution in [3.63, 3.8) is 0 Å². The number of para-hydroxylation sites is 1. The summed E-state index contributed by atoms with van der Waals surface area (Å²) in [6.45, 7) is 1.62. The number of hydrogen-bond donors (Lipinski definition) is 2. The molecule has 18 heavy (non-hydrogen) atoms. The van der Waals surface area contributed by atoms with Gasteiger partial charge in [-0.15, -0.1) is 0 Å². The van der Waals surface area contributed by atoms with Crippen molar-refractivity contribution < 1.29 is 9.59 Å². The van der Waals surface area contributed by atoms with E-state index in [1.807, 2.05) is 6.07 Å². The third kappa shape index (κ3) is 3.56. The Morgan fingerprint density at radius 1 is 0.944 bits per heavy atom. The predicted molar refractivity (Wildman–Crippen MR) is 68.6 cm³/mol. The van der Waals surface area contributed by atoms with E-state index >= 15 is 0 Å². The lowest BCUT2D eigenvalue weighted by molar-refractivity contribution is -0.139. The zero-order chi connectivity index (χ0) is 12.8. The van der Waals surface area contributed by atoms with Gasteiger partial charge in [0.15, 0.2) is 0 Å². The number of hydrazine groups is 1. The molecule has 1 saturated heterocycles. The first-order chi connectivity index (χ1) is 8.75. The van der Waals surface area contributed by atoms with Crippen molar-refractivity contribution in [3.05, 3.63) is 30.3 Å². The smallest absolute Gasteiger partial charge is 0.318 e. The van der Waals surface area contributed by atoms with E-state index in [0.717, 1.165) is 25.9 Å². The average molecular weight is 247 g/mol. The maximum absolute atomic E-state index is 11.7. The third-order valence-corrected chi connectivity index (χ3v) is 2.85. The van der Waals surface area contributed by atoms with Crippen LogP contribution in [-0.4, -0.2) is 29.9 Å². The molecule has 96 valence electrons. The van der Waals surface area contributed by atoms with Crippen LogP contribution in [0.2, 0.25) is 0 Å². The van der Waals surface area contributed by atoms with E-state index in [0.29, 0.717) is 5.69 Å². The molecule has 0 aliphatic carbocycles. The molecule has 0 unspecified atom stereocenters. The van der Waals surface area contributed by atoms with Crippen molar-refractivity contribution >= 4 is 17.5 Å². The normalized spacial score (nSPS) is 16.0. The molecule has 1 heterocycles. The second-order valence-electron chi connectivity index (χ2n) is 4.31. The molecule has 0 atom stereocenters. The van der Waals surface area contributed by atoms with Crippen molar-refractivity contribution in [1.82, 2.24) is 10.4 Å². The van der Waals surface area contributed by atoms with E-state index in [-0.39, 0.29) is 0 Å². The standard InChI is InChI=1S/C13H17N3O2/c17-12(14-11-7-3-1-4-8-11)13(18)15-16-9-5-2-6-10-16/h1,3-4,7-8H,2,5-6,9-10H2,(H,14,17)(H,15,18). The number of anilines is 1. The van der Waals surface area contributed by atoms with Crippen LogP contribution in [0, 0.1) is 0 Å². The van der Waals surface area contributed by atoms with Gasteiger partial charge in [-0.25, -0.2) is 5.01 Å². The van der Waals surface area contributed by atoms with Gasteiger partial charge in [0.05, 0.1) is 0 Å². The van der Waals surface area contributed by atoms with Gasteiger partial charge in [0.25, 0.3) is 0 Å². The van der Waals surface area contributed by atoms with Gasteiger partial charge in [-0.2, -0.15) is 0 Å². The number of rotatable bonds is 2. The van der Waals surface area contributed by atoms with E-state index in [9.17, 15) is 9.59 Å². The number of carbonyl (C=O) groups is 2. The van der Waals surface area contributed by atoms with Crippen LogP contribution in [-0.2, 0) is 9.59 Å². The van der Waals surface area contributed by atoms with E-state index < -0.39 is 11.8 Å². The molecule has 2 amide bonds. The second kappa shape index (κ2) is 6.16. The van der Waals surface area contributed by atoms with E-state index in [4.69, 9.17) is 0 Å². The van der Waals surface area contributed by atoms with Crippen LogP contribution in [0.5, 0.6) is 0 Å². The molecule has 1 fully saturated rings. The molecule has 5 heteroatoms. The maximum atomic E-state index is 11.7. The summed E-state index contributed by atoms with van der Waals surface area (Å²) in [5.41, 5.74) is 3.24.